The van der Waals surface area contributed by atoms with Crippen LogP contribution in [-0.2, 0) is 0 Å². The smallest absolute Gasteiger partial charge is 0.0296 e. The molecule has 0 radical (unpaired) electrons. The Labute approximate surface area is 89.2 Å². The van der Waals surface area contributed by atoms with Crippen molar-refractivity contribution in [1.82, 2.24) is 10.6 Å². The lowest BCUT2D eigenvalue weighted by Crippen LogP contribution is -2.29. The molecule has 0 spiro atoms. The Morgan fingerprint density at radius 2 is 1.64 bits per heavy atom. The third kappa shape index (κ3) is 4.54. The van der Waals surface area contributed by atoms with E-state index in [9.17, 15) is 0 Å². The lowest BCUT2D eigenvalue weighted by atomic mass is 10.1. The summed E-state index contributed by atoms with van der Waals surface area (Å²) in [5, 5.41) is 6.97. The fraction of sp³-hybridized carbons (Fsp3) is 0.833. The van der Waals surface area contributed by atoms with E-state index in [4.69, 9.17) is 0 Å². The SMILES string of the molecule is CCN/C(C)=C(/CC)NC(CC)CC. The van der Waals surface area contributed by atoms with Crippen molar-refractivity contribution in [2.24, 2.45) is 0 Å². The minimum absolute atomic E-state index is 0.624. The van der Waals surface area contributed by atoms with Crippen LogP contribution in [0.1, 0.15) is 53.9 Å². The molecule has 0 aromatic heterocycles. The summed E-state index contributed by atoms with van der Waals surface area (Å²) >= 11 is 0. The molecule has 0 aromatic rings. The molecule has 0 fully saturated rings. The van der Waals surface area contributed by atoms with Crippen LogP contribution in [0.15, 0.2) is 11.4 Å². The minimum atomic E-state index is 0.624. The van der Waals surface area contributed by atoms with E-state index in [1.54, 1.807) is 0 Å². The zero-order valence-corrected chi connectivity index (χ0v) is 10.4. The molecule has 14 heavy (non-hydrogen) atoms. The molecule has 2 heteroatoms. The van der Waals surface area contributed by atoms with Crippen molar-refractivity contribution in [3.05, 3.63) is 11.4 Å². The molecule has 0 heterocycles. The van der Waals surface area contributed by atoms with Crippen LogP contribution in [0, 0.1) is 0 Å². The van der Waals surface area contributed by atoms with Gasteiger partial charge in [-0.25, -0.2) is 0 Å². The molecule has 0 aliphatic heterocycles. The number of nitrogens with one attached hydrogen (secondary N) is 2. The summed E-state index contributed by atoms with van der Waals surface area (Å²) in [6.07, 6.45) is 3.47. The molecule has 0 bridgehead atoms. The van der Waals surface area contributed by atoms with Crippen LogP contribution in [0.2, 0.25) is 0 Å². The first-order valence-corrected chi connectivity index (χ1v) is 5.89. The van der Waals surface area contributed by atoms with Crippen LogP contribution in [0.4, 0.5) is 0 Å². The maximum atomic E-state index is 3.60. The average Bonchev–Trinajstić information content (AvgIpc) is 2.20. The largest absolute Gasteiger partial charge is 0.387 e. The molecular weight excluding hydrogens is 172 g/mol. The fourth-order valence-corrected chi connectivity index (χ4v) is 1.59. The standard InChI is InChI=1S/C12H26N2/c1-6-11(7-2)14-12(8-3)10(5)13-9-4/h11,13-14H,6-9H2,1-5H3/b12-10-. The molecular formula is C12H26N2. The lowest BCUT2D eigenvalue weighted by molar-refractivity contribution is 0.518. The summed E-state index contributed by atoms with van der Waals surface area (Å²) < 4.78 is 0. The van der Waals surface area contributed by atoms with Gasteiger partial charge in [0, 0.05) is 24.0 Å². The second kappa shape index (κ2) is 7.72. The molecule has 0 aromatic carbocycles. The van der Waals surface area contributed by atoms with E-state index in [1.807, 2.05) is 0 Å². The molecule has 0 saturated heterocycles. The van der Waals surface area contributed by atoms with Gasteiger partial charge in [0.15, 0.2) is 0 Å². The van der Waals surface area contributed by atoms with E-state index in [0.29, 0.717) is 6.04 Å². The van der Waals surface area contributed by atoms with E-state index in [-0.39, 0.29) is 0 Å². The zero-order chi connectivity index (χ0) is 11.0. The third-order valence-corrected chi connectivity index (χ3v) is 2.61. The Morgan fingerprint density at radius 1 is 1.07 bits per heavy atom. The van der Waals surface area contributed by atoms with Crippen LogP contribution in [-0.4, -0.2) is 12.6 Å². The minimum Gasteiger partial charge on any atom is -0.387 e. The molecule has 0 saturated carbocycles. The molecule has 84 valence electrons. The summed E-state index contributed by atoms with van der Waals surface area (Å²) in [6.45, 7) is 11.9. The second-order valence-corrected chi connectivity index (χ2v) is 3.65. The predicted octanol–water partition coefficient (Wildman–Crippen LogP) is 3.02. The van der Waals surface area contributed by atoms with Gasteiger partial charge in [0.05, 0.1) is 0 Å². The van der Waals surface area contributed by atoms with Gasteiger partial charge in [-0.3, -0.25) is 0 Å². The summed E-state index contributed by atoms with van der Waals surface area (Å²) in [5.74, 6) is 0. The van der Waals surface area contributed by atoms with Gasteiger partial charge < -0.3 is 10.6 Å². The number of hydrogen-bond acceptors (Lipinski definition) is 2. The normalized spacial score (nSPS) is 12.7. The van der Waals surface area contributed by atoms with Gasteiger partial charge in [-0.2, -0.15) is 0 Å². The highest BCUT2D eigenvalue weighted by atomic mass is 15.0. The van der Waals surface area contributed by atoms with E-state index >= 15 is 0 Å². The Hall–Kier alpha value is -0.660. The topological polar surface area (TPSA) is 24.1 Å². The Balaban J connectivity index is 4.32. The van der Waals surface area contributed by atoms with Gasteiger partial charge in [0.1, 0.15) is 0 Å². The molecule has 0 aliphatic rings. The van der Waals surface area contributed by atoms with Crippen molar-refractivity contribution in [3.8, 4) is 0 Å². The zero-order valence-electron chi connectivity index (χ0n) is 10.4. The van der Waals surface area contributed by atoms with Crippen molar-refractivity contribution in [2.75, 3.05) is 6.54 Å². The Morgan fingerprint density at radius 3 is 2.00 bits per heavy atom. The first kappa shape index (κ1) is 13.3. The first-order chi connectivity index (χ1) is 6.69. The lowest BCUT2D eigenvalue weighted by Gasteiger charge is -2.20. The fourth-order valence-electron chi connectivity index (χ4n) is 1.59. The van der Waals surface area contributed by atoms with Crippen molar-refractivity contribution in [1.29, 1.82) is 0 Å². The summed E-state index contributed by atoms with van der Waals surface area (Å²) in [7, 11) is 0. The van der Waals surface area contributed by atoms with Crippen molar-refractivity contribution < 1.29 is 0 Å². The van der Waals surface area contributed by atoms with Crippen molar-refractivity contribution >= 4 is 0 Å². The molecule has 0 atom stereocenters. The molecule has 2 N–H and O–H groups in total. The average molecular weight is 198 g/mol. The van der Waals surface area contributed by atoms with Crippen LogP contribution in [0.5, 0.6) is 0 Å². The predicted molar refractivity (Wildman–Crippen MR) is 64.2 cm³/mol. The van der Waals surface area contributed by atoms with E-state index < -0.39 is 0 Å². The summed E-state index contributed by atoms with van der Waals surface area (Å²) in [4.78, 5) is 0. The monoisotopic (exact) mass is 198 g/mol. The summed E-state index contributed by atoms with van der Waals surface area (Å²) in [5.41, 5.74) is 2.66. The molecule has 2 nitrogen and oxygen atoms in total. The van der Waals surface area contributed by atoms with Crippen molar-refractivity contribution in [3.63, 3.8) is 0 Å². The van der Waals surface area contributed by atoms with E-state index in [2.05, 4.69) is 45.3 Å². The highest BCUT2D eigenvalue weighted by molar-refractivity contribution is 5.08. The maximum Gasteiger partial charge on any atom is 0.0296 e. The van der Waals surface area contributed by atoms with Gasteiger partial charge >= 0.3 is 0 Å². The van der Waals surface area contributed by atoms with Crippen LogP contribution in [0.3, 0.4) is 0 Å². The second-order valence-electron chi connectivity index (χ2n) is 3.65. The number of hydrogen-bond donors (Lipinski definition) is 2. The third-order valence-electron chi connectivity index (χ3n) is 2.61. The number of allylic oxidation sites excluding steroid dienone is 2. The van der Waals surface area contributed by atoms with Gasteiger partial charge in [0.2, 0.25) is 0 Å². The van der Waals surface area contributed by atoms with E-state index in [0.717, 1.165) is 13.0 Å². The highest BCUT2D eigenvalue weighted by Crippen LogP contribution is 2.07. The van der Waals surface area contributed by atoms with Crippen molar-refractivity contribution in [2.45, 2.75) is 59.9 Å². The van der Waals surface area contributed by atoms with Gasteiger partial charge in [-0.15, -0.1) is 0 Å². The van der Waals surface area contributed by atoms with Gasteiger partial charge in [0.25, 0.3) is 0 Å². The molecule has 0 unspecified atom stereocenters. The molecule has 0 amide bonds. The quantitative estimate of drug-likeness (QED) is 0.657. The molecule has 0 rings (SSSR count). The summed E-state index contributed by atoms with van der Waals surface area (Å²) in [6, 6.07) is 0.624. The maximum absolute atomic E-state index is 3.60. The number of rotatable bonds is 7. The highest BCUT2D eigenvalue weighted by Gasteiger charge is 2.05. The van der Waals surface area contributed by atoms with Gasteiger partial charge in [-0.1, -0.05) is 20.8 Å². The molecule has 0 aliphatic carbocycles. The van der Waals surface area contributed by atoms with E-state index in [1.165, 1.54) is 24.2 Å². The van der Waals surface area contributed by atoms with Crippen LogP contribution in [0.25, 0.3) is 0 Å². The Bertz CT molecular complexity index is 169. The van der Waals surface area contributed by atoms with Crippen LogP contribution < -0.4 is 10.6 Å². The first-order valence-electron chi connectivity index (χ1n) is 5.89. The Kier molecular flexibility index (Phi) is 7.35. The van der Waals surface area contributed by atoms with Crippen LogP contribution >= 0.6 is 0 Å². The van der Waals surface area contributed by atoms with Gasteiger partial charge in [-0.05, 0) is 33.1 Å².